The van der Waals surface area contributed by atoms with Crippen LogP contribution in [-0.2, 0) is 11.0 Å². The van der Waals surface area contributed by atoms with E-state index in [0.29, 0.717) is 43.8 Å². The van der Waals surface area contributed by atoms with Crippen LogP contribution in [0.1, 0.15) is 42.7 Å². The molecule has 0 N–H and O–H groups in total. The van der Waals surface area contributed by atoms with Gasteiger partial charge in [0.2, 0.25) is 0 Å². The number of likely N-dealkylation sites (tertiary alicyclic amines) is 1. The summed E-state index contributed by atoms with van der Waals surface area (Å²) in [4.78, 5) is 21.7. The van der Waals surface area contributed by atoms with E-state index in [1.54, 1.807) is 17.0 Å². The number of halogens is 3. The third-order valence-electron chi connectivity index (χ3n) is 6.29. The van der Waals surface area contributed by atoms with Gasteiger partial charge in [-0.15, -0.1) is 0 Å². The van der Waals surface area contributed by atoms with E-state index in [0.717, 1.165) is 37.6 Å². The Kier molecular flexibility index (Phi) is 5.51. The second-order valence-electron chi connectivity index (χ2n) is 8.20. The van der Waals surface area contributed by atoms with Gasteiger partial charge in [-0.05, 0) is 61.4 Å². The number of hydrogen-bond donors (Lipinski definition) is 0. The largest absolute Gasteiger partial charge is 0.416 e. The molecule has 4 rings (SSSR count). The second-order valence-corrected chi connectivity index (χ2v) is 8.20. The predicted molar refractivity (Wildman–Crippen MR) is 106 cm³/mol. The van der Waals surface area contributed by atoms with Gasteiger partial charge in [0.25, 0.3) is 5.91 Å². The molecule has 7 heteroatoms. The quantitative estimate of drug-likeness (QED) is 0.749. The number of benzene rings is 1. The third-order valence-corrected chi connectivity index (χ3v) is 6.29. The van der Waals surface area contributed by atoms with Crippen molar-refractivity contribution < 1.29 is 18.0 Å². The van der Waals surface area contributed by atoms with Crippen molar-refractivity contribution in [2.24, 2.45) is 4.99 Å². The lowest BCUT2D eigenvalue weighted by Crippen LogP contribution is -2.44. The monoisotopic (exact) mass is 405 g/mol. The van der Waals surface area contributed by atoms with Crippen molar-refractivity contribution in [3.05, 3.63) is 46.5 Å². The number of piperidine rings is 1. The molecule has 1 amide bonds. The number of rotatable bonds is 2. The number of alkyl halides is 3. The fourth-order valence-electron chi connectivity index (χ4n) is 4.74. The minimum atomic E-state index is -4.35. The Hall–Kier alpha value is -2.15. The van der Waals surface area contributed by atoms with Crippen molar-refractivity contribution >= 4 is 11.6 Å². The van der Waals surface area contributed by atoms with Gasteiger partial charge in [-0.3, -0.25) is 9.79 Å². The first-order chi connectivity index (χ1) is 13.8. The number of hydrogen-bond acceptors (Lipinski definition) is 3. The summed E-state index contributed by atoms with van der Waals surface area (Å²) in [6.07, 6.45) is -1.52. The summed E-state index contributed by atoms with van der Waals surface area (Å²) in [5.41, 5.74) is 2.80. The number of amides is 1. The minimum absolute atomic E-state index is 0.0516. The standard InChI is InChI=1S/C22H26F3N3O/c1-27-11-9-18-16(14-27)6-10-26-20(18)21(29)28-12-7-15(8-13-28)17-4-2-3-5-19(17)22(23,24)25/h2-5,15H,6-14H2,1H3. The molecule has 156 valence electrons. The van der Waals surface area contributed by atoms with Crippen LogP contribution in [0.4, 0.5) is 13.2 Å². The molecule has 0 bridgehead atoms. The van der Waals surface area contributed by atoms with Gasteiger partial charge in [0.05, 0.1) is 5.56 Å². The van der Waals surface area contributed by atoms with Crippen molar-refractivity contribution in [2.75, 3.05) is 39.8 Å². The maximum atomic E-state index is 13.3. The molecule has 0 aromatic heterocycles. The molecule has 3 aliphatic heterocycles. The van der Waals surface area contributed by atoms with Crippen LogP contribution in [0.25, 0.3) is 0 Å². The highest BCUT2D eigenvalue weighted by molar-refractivity contribution is 6.45. The zero-order valence-electron chi connectivity index (χ0n) is 16.6. The molecule has 1 fully saturated rings. The van der Waals surface area contributed by atoms with Crippen LogP contribution >= 0.6 is 0 Å². The zero-order valence-corrected chi connectivity index (χ0v) is 16.6. The maximum Gasteiger partial charge on any atom is 0.416 e. The highest BCUT2D eigenvalue weighted by Crippen LogP contribution is 2.38. The molecule has 0 saturated carbocycles. The maximum absolute atomic E-state index is 13.3. The molecule has 1 saturated heterocycles. The Morgan fingerprint density at radius 2 is 1.83 bits per heavy atom. The van der Waals surface area contributed by atoms with Crippen LogP contribution in [0.15, 0.2) is 40.4 Å². The van der Waals surface area contributed by atoms with Crippen LogP contribution in [0.2, 0.25) is 0 Å². The van der Waals surface area contributed by atoms with Gasteiger partial charge >= 0.3 is 6.18 Å². The lowest BCUT2D eigenvalue weighted by atomic mass is 9.85. The van der Waals surface area contributed by atoms with Crippen LogP contribution in [0.3, 0.4) is 0 Å². The van der Waals surface area contributed by atoms with E-state index in [4.69, 9.17) is 0 Å². The van der Waals surface area contributed by atoms with Crippen molar-refractivity contribution in [2.45, 2.75) is 37.8 Å². The van der Waals surface area contributed by atoms with E-state index < -0.39 is 11.7 Å². The normalized spacial score (nSPS) is 21.8. The first-order valence-corrected chi connectivity index (χ1v) is 10.2. The topological polar surface area (TPSA) is 35.9 Å². The number of nitrogens with zero attached hydrogens (tertiary/aromatic N) is 3. The minimum Gasteiger partial charge on any atom is -0.337 e. The average Bonchev–Trinajstić information content (AvgIpc) is 2.72. The molecule has 0 atom stereocenters. The van der Waals surface area contributed by atoms with Crippen molar-refractivity contribution in [3.63, 3.8) is 0 Å². The number of carbonyl (C=O) groups excluding carboxylic acids is 1. The Morgan fingerprint density at radius 3 is 2.55 bits per heavy atom. The van der Waals surface area contributed by atoms with Gasteiger partial charge in [0, 0.05) is 32.7 Å². The Bertz CT molecular complexity index is 851. The highest BCUT2D eigenvalue weighted by atomic mass is 19.4. The van der Waals surface area contributed by atoms with Gasteiger partial charge in [-0.25, -0.2) is 0 Å². The molecule has 1 aromatic carbocycles. The lowest BCUT2D eigenvalue weighted by Gasteiger charge is -2.36. The van der Waals surface area contributed by atoms with Gasteiger partial charge in [0.15, 0.2) is 0 Å². The Balaban J connectivity index is 1.46. The highest BCUT2D eigenvalue weighted by Gasteiger charge is 2.37. The van der Waals surface area contributed by atoms with Crippen molar-refractivity contribution in [1.29, 1.82) is 0 Å². The molecule has 0 aliphatic carbocycles. The van der Waals surface area contributed by atoms with Gasteiger partial charge < -0.3 is 9.80 Å². The van der Waals surface area contributed by atoms with E-state index in [1.807, 2.05) is 0 Å². The molecule has 4 nitrogen and oxygen atoms in total. The molecule has 1 aromatic rings. The number of carbonyl (C=O) groups is 1. The number of dihydropyridines is 1. The summed E-state index contributed by atoms with van der Waals surface area (Å²) >= 11 is 0. The first kappa shape index (κ1) is 20.1. The lowest BCUT2D eigenvalue weighted by molar-refractivity contribution is -0.138. The second kappa shape index (κ2) is 7.94. The SMILES string of the molecule is CN1CCC2=C(CCN=C2C(=O)N2CCC(c3ccccc3C(F)(F)F)CC2)C1. The summed E-state index contributed by atoms with van der Waals surface area (Å²) in [5, 5.41) is 0. The summed E-state index contributed by atoms with van der Waals surface area (Å²) in [7, 11) is 2.08. The summed E-state index contributed by atoms with van der Waals surface area (Å²) in [6.45, 7) is 3.39. The van der Waals surface area contributed by atoms with Crippen molar-refractivity contribution in [1.82, 2.24) is 9.80 Å². The van der Waals surface area contributed by atoms with Crippen LogP contribution in [0.5, 0.6) is 0 Å². The predicted octanol–water partition coefficient (Wildman–Crippen LogP) is 3.89. The number of likely N-dealkylation sites (N-methyl/N-ethyl adjacent to an activating group) is 1. The summed E-state index contributed by atoms with van der Waals surface area (Å²) in [6, 6.07) is 5.82. The van der Waals surface area contributed by atoms with E-state index >= 15 is 0 Å². The van der Waals surface area contributed by atoms with E-state index in [1.165, 1.54) is 11.6 Å². The molecular weight excluding hydrogens is 379 g/mol. The van der Waals surface area contributed by atoms with Crippen LogP contribution in [-0.4, -0.2) is 61.2 Å². The van der Waals surface area contributed by atoms with E-state index in [9.17, 15) is 18.0 Å². The summed E-state index contributed by atoms with van der Waals surface area (Å²) in [5.74, 6) is -0.229. The number of aliphatic imine (C=N–C) groups is 1. The molecular formula is C22H26F3N3O. The molecule has 0 unspecified atom stereocenters. The van der Waals surface area contributed by atoms with Crippen molar-refractivity contribution in [3.8, 4) is 0 Å². The smallest absolute Gasteiger partial charge is 0.337 e. The zero-order chi connectivity index (χ0) is 20.6. The molecule has 3 aliphatic rings. The van der Waals surface area contributed by atoms with Gasteiger partial charge in [-0.2, -0.15) is 13.2 Å². The molecule has 0 radical (unpaired) electrons. The van der Waals surface area contributed by atoms with Crippen LogP contribution in [0, 0.1) is 0 Å². The summed E-state index contributed by atoms with van der Waals surface area (Å²) < 4.78 is 40.0. The van der Waals surface area contributed by atoms with Crippen LogP contribution < -0.4 is 0 Å². The van der Waals surface area contributed by atoms with E-state index in [2.05, 4.69) is 16.9 Å². The Morgan fingerprint density at radius 1 is 1.10 bits per heavy atom. The molecule has 0 spiro atoms. The third kappa shape index (κ3) is 4.10. The van der Waals surface area contributed by atoms with Gasteiger partial charge in [0.1, 0.15) is 5.71 Å². The average molecular weight is 405 g/mol. The molecule has 29 heavy (non-hydrogen) atoms. The first-order valence-electron chi connectivity index (χ1n) is 10.2. The van der Waals surface area contributed by atoms with E-state index in [-0.39, 0.29) is 11.8 Å². The fourth-order valence-corrected chi connectivity index (χ4v) is 4.74. The fraction of sp³-hybridized carbons (Fsp3) is 0.545. The molecule has 3 heterocycles. The Labute approximate surface area is 169 Å². The van der Waals surface area contributed by atoms with Gasteiger partial charge in [-0.1, -0.05) is 18.2 Å².